The van der Waals surface area contributed by atoms with Crippen LogP contribution in [-0.2, 0) is 4.74 Å². The maximum absolute atomic E-state index is 11.1. The van der Waals surface area contributed by atoms with Crippen molar-refractivity contribution in [2.75, 3.05) is 25.1 Å². The lowest BCUT2D eigenvalue weighted by atomic mass is 10.1. The number of unbranched alkanes of at least 4 members (excludes halogenated alkanes) is 1. The minimum Gasteiger partial charge on any atom is -0.478 e. The van der Waals surface area contributed by atoms with Gasteiger partial charge in [-0.05, 0) is 31.4 Å². The van der Waals surface area contributed by atoms with E-state index in [0.29, 0.717) is 17.9 Å². The fourth-order valence-electron chi connectivity index (χ4n) is 1.82. The van der Waals surface area contributed by atoms with Gasteiger partial charge < -0.3 is 15.2 Å². The molecule has 0 aliphatic rings. The molecule has 4 nitrogen and oxygen atoms in total. The number of para-hydroxylation sites is 1. The van der Waals surface area contributed by atoms with Gasteiger partial charge in [0.05, 0.1) is 11.3 Å². The molecular formula is C15H23NO3. The number of hydrogen-bond donors (Lipinski definition) is 2. The molecule has 0 heterocycles. The number of anilines is 1. The first-order chi connectivity index (χ1) is 9.16. The predicted octanol–water partition coefficient (Wildman–Crippen LogP) is 3.31. The number of carbonyl (C=O) groups is 1. The molecule has 0 radical (unpaired) electrons. The van der Waals surface area contributed by atoms with E-state index in [0.717, 1.165) is 38.0 Å². The molecule has 4 heteroatoms. The third kappa shape index (κ3) is 5.30. The van der Waals surface area contributed by atoms with Gasteiger partial charge >= 0.3 is 5.97 Å². The Morgan fingerprint density at radius 3 is 2.74 bits per heavy atom. The number of nitrogens with one attached hydrogen (secondary N) is 1. The molecule has 1 rings (SSSR count). The van der Waals surface area contributed by atoms with Crippen molar-refractivity contribution in [2.24, 2.45) is 0 Å². The van der Waals surface area contributed by atoms with Crippen LogP contribution in [0.2, 0.25) is 0 Å². The number of carboxylic acids is 1. The topological polar surface area (TPSA) is 58.6 Å². The minimum atomic E-state index is -0.898. The lowest BCUT2D eigenvalue weighted by Crippen LogP contribution is -2.11. The minimum absolute atomic E-state index is 0.326. The summed E-state index contributed by atoms with van der Waals surface area (Å²) in [5.41, 5.74) is 1.99. The summed E-state index contributed by atoms with van der Waals surface area (Å²) >= 11 is 0. The Morgan fingerprint density at radius 2 is 2.05 bits per heavy atom. The number of rotatable bonds is 9. The van der Waals surface area contributed by atoms with Gasteiger partial charge in [-0.25, -0.2) is 4.79 Å². The fourth-order valence-corrected chi connectivity index (χ4v) is 1.82. The zero-order chi connectivity index (χ0) is 14.1. The zero-order valence-electron chi connectivity index (χ0n) is 11.7. The Balaban J connectivity index is 2.38. The van der Waals surface area contributed by atoms with E-state index in [2.05, 4.69) is 12.2 Å². The second kappa shape index (κ2) is 8.53. The summed E-state index contributed by atoms with van der Waals surface area (Å²) < 4.78 is 5.46. The molecule has 0 aliphatic heterocycles. The van der Waals surface area contributed by atoms with Gasteiger partial charge in [0.1, 0.15) is 0 Å². The largest absolute Gasteiger partial charge is 0.478 e. The molecule has 0 fully saturated rings. The van der Waals surface area contributed by atoms with Gasteiger partial charge in [0, 0.05) is 19.8 Å². The average Bonchev–Trinajstić information content (AvgIpc) is 2.39. The van der Waals surface area contributed by atoms with Crippen LogP contribution in [-0.4, -0.2) is 30.8 Å². The summed E-state index contributed by atoms with van der Waals surface area (Å²) in [5.74, 6) is -0.898. The van der Waals surface area contributed by atoms with Crippen LogP contribution >= 0.6 is 0 Å². The second-order valence-corrected chi connectivity index (χ2v) is 4.55. The highest BCUT2D eigenvalue weighted by Crippen LogP contribution is 2.20. The van der Waals surface area contributed by atoms with Gasteiger partial charge in [-0.3, -0.25) is 0 Å². The average molecular weight is 265 g/mol. The standard InChI is InChI=1S/C15H23NO3/c1-3-4-10-19-11-6-9-16-14-12(2)7-5-8-13(14)15(17)18/h5,7-8,16H,3-4,6,9-11H2,1-2H3,(H,17,18). The van der Waals surface area contributed by atoms with Crippen LogP contribution in [0.15, 0.2) is 18.2 Å². The number of hydrogen-bond acceptors (Lipinski definition) is 3. The molecule has 1 aromatic rings. The van der Waals surface area contributed by atoms with Crippen molar-refractivity contribution < 1.29 is 14.6 Å². The molecule has 2 N–H and O–H groups in total. The molecular weight excluding hydrogens is 242 g/mol. The number of carboxylic acid groups (broad SMARTS) is 1. The van der Waals surface area contributed by atoms with Gasteiger partial charge in [0.25, 0.3) is 0 Å². The Bertz CT molecular complexity index is 404. The van der Waals surface area contributed by atoms with Gasteiger partial charge in [0.15, 0.2) is 0 Å². The molecule has 0 spiro atoms. The van der Waals surface area contributed by atoms with Gasteiger partial charge in [-0.1, -0.05) is 25.5 Å². The molecule has 0 bridgehead atoms. The van der Waals surface area contributed by atoms with Crippen LogP contribution < -0.4 is 5.32 Å². The van der Waals surface area contributed by atoms with E-state index in [1.807, 2.05) is 13.0 Å². The maximum atomic E-state index is 11.1. The van der Waals surface area contributed by atoms with Crippen LogP contribution in [0.1, 0.15) is 42.1 Å². The number of benzene rings is 1. The molecule has 0 saturated heterocycles. The van der Waals surface area contributed by atoms with Crippen LogP contribution in [0.25, 0.3) is 0 Å². The molecule has 0 aliphatic carbocycles. The van der Waals surface area contributed by atoms with E-state index >= 15 is 0 Å². The van der Waals surface area contributed by atoms with Crippen molar-refractivity contribution in [3.05, 3.63) is 29.3 Å². The van der Waals surface area contributed by atoms with Crippen LogP contribution in [0.4, 0.5) is 5.69 Å². The first-order valence-corrected chi connectivity index (χ1v) is 6.81. The first-order valence-electron chi connectivity index (χ1n) is 6.81. The summed E-state index contributed by atoms with van der Waals surface area (Å²) in [7, 11) is 0. The Labute approximate surface area is 114 Å². The van der Waals surface area contributed by atoms with Crippen LogP contribution in [0.5, 0.6) is 0 Å². The fraction of sp³-hybridized carbons (Fsp3) is 0.533. The third-order valence-corrected chi connectivity index (χ3v) is 2.91. The molecule has 0 saturated carbocycles. The van der Waals surface area contributed by atoms with Crippen molar-refractivity contribution in [1.82, 2.24) is 0 Å². The van der Waals surface area contributed by atoms with Crippen molar-refractivity contribution in [2.45, 2.75) is 33.1 Å². The quantitative estimate of drug-likeness (QED) is 0.672. The van der Waals surface area contributed by atoms with E-state index in [-0.39, 0.29) is 0 Å². The van der Waals surface area contributed by atoms with E-state index < -0.39 is 5.97 Å². The molecule has 1 aromatic carbocycles. The normalized spacial score (nSPS) is 10.4. The molecule has 19 heavy (non-hydrogen) atoms. The lowest BCUT2D eigenvalue weighted by molar-refractivity contribution is 0.0698. The number of ether oxygens (including phenoxy) is 1. The summed E-state index contributed by atoms with van der Waals surface area (Å²) in [6, 6.07) is 5.29. The highest BCUT2D eigenvalue weighted by molar-refractivity contribution is 5.95. The van der Waals surface area contributed by atoms with Crippen molar-refractivity contribution >= 4 is 11.7 Å². The SMILES string of the molecule is CCCCOCCCNc1c(C)cccc1C(=O)O. The van der Waals surface area contributed by atoms with E-state index in [4.69, 9.17) is 9.84 Å². The van der Waals surface area contributed by atoms with E-state index in [1.54, 1.807) is 12.1 Å². The van der Waals surface area contributed by atoms with E-state index in [1.165, 1.54) is 0 Å². The van der Waals surface area contributed by atoms with Crippen molar-refractivity contribution in [3.8, 4) is 0 Å². The highest BCUT2D eigenvalue weighted by Gasteiger charge is 2.10. The number of aryl methyl sites for hydroxylation is 1. The number of aromatic carboxylic acids is 1. The first kappa shape index (κ1) is 15.5. The zero-order valence-corrected chi connectivity index (χ0v) is 11.7. The van der Waals surface area contributed by atoms with Crippen LogP contribution in [0.3, 0.4) is 0 Å². The van der Waals surface area contributed by atoms with Crippen molar-refractivity contribution in [1.29, 1.82) is 0 Å². The predicted molar refractivity (Wildman–Crippen MR) is 77.0 cm³/mol. The molecule has 0 amide bonds. The summed E-state index contributed by atoms with van der Waals surface area (Å²) in [6.07, 6.45) is 3.11. The van der Waals surface area contributed by atoms with Gasteiger partial charge in [-0.2, -0.15) is 0 Å². The summed E-state index contributed by atoms with van der Waals surface area (Å²) in [6.45, 7) is 6.28. The lowest BCUT2D eigenvalue weighted by Gasteiger charge is -2.12. The maximum Gasteiger partial charge on any atom is 0.337 e. The third-order valence-electron chi connectivity index (χ3n) is 2.91. The Hall–Kier alpha value is -1.55. The smallest absolute Gasteiger partial charge is 0.337 e. The molecule has 0 aromatic heterocycles. The molecule has 0 unspecified atom stereocenters. The second-order valence-electron chi connectivity index (χ2n) is 4.55. The Kier molecular flexibility index (Phi) is 6.97. The van der Waals surface area contributed by atoms with E-state index in [9.17, 15) is 4.79 Å². The van der Waals surface area contributed by atoms with Crippen molar-refractivity contribution in [3.63, 3.8) is 0 Å². The highest BCUT2D eigenvalue weighted by atomic mass is 16.5. The summed E-state index contributed by atoms with van der Waals surface area (Å²) in [5, 5.41) is 12.3. The molecule has 106 valence electrons. The van der Waals surface area contributed by atoms with Gasteiger partial charge in [-0.15, -0.1) is 0 Å². The summed E-state index contributed by atoms with van der Waals surface area (Å²) in [4.78, 5) is 11.1. The van der Waals surface area contributed by atoms with Gasteiger partial charge in [0.2, 0.25) is 0 Å². The van der Waals surface area contributed by atoms with Crippen LogP contribution in [0, 0.1) is 6.92 Å². The molecule has 0 atom stereocenters. The monoisotopic (exact) mass is 265 g/mol. The Morgan fingerprint density at radius 1 is 1.32 bits per heavy atom.